The van der Waals surface area contributed by atoms with E-state index in [1.54, 1.807) is 0 Å². The zero-order valence-electron chi connectivity index (χ0n) is 10.5. The molecule has 1 aromatic heterocycles. The fourth-order valence-corrected chi connectivity index (χ4v) is 3.20. The lowest BCUT2D eigenvalue weighted by atomic mass is 9.81. The van der Waals surface area contributed by atoms with E-state index in [0.29, 0.717) is 6.04 Å². The van der Waals surface area contributed by atoms with Crippen LogP contribution in [0.2, 0.25) is 0 Å². The molecule has 1 nitrogen and oxygen atoms in total. The largest absolute Gasteiger partial charge is 0.309 e. The fourth-order valence-electron chi connectivity index (χ4n) is 2.29. The molecule has 1 saturated carbocycles. The third kappa shape index (κ3) is 3.33. The molecule has 1 aliphatic carbocycles. The zero-order valence-corrected chi connectivity index (χ0v) is 11.3. The van der Waals surface area contributed by atoms with Gasteiger partial charge in [-0.3, -0.25) is 0 Å². The lowest BCUT2D eigenvalue weighted by Gasteiger charge is -2.28. The lowest BCUT2D eigenvalue weighted by Crippen LogP contribution is -2.29. The summed E-state index contributed by atoms with van der Waals surface area (Å²) in [6, 6.07) is 5.21. The Morgan fingerprint density at radius 3 is 2.69 bits per heavy atom. The highest BCUT2D eigenvalue weighted by atomic mass is 32.1. The second-order valence-corrected chi connectivity index (χ2v) is 6.29. The number of hydrogen-bond donors (Lipinski definition) is 1. The Hall–Kier alpha value is -0.340. The summed E-state index contributed by atoms with van der Waals surface area (Å²) in [6.07, 6.45) is 6.92. The quantitative estimate of drug-likeness (QED) is 0.789. The van der Waals surface area contributed by atoms with E-state index in [-0.39, 0.29) is 0 Å². The Labute approximate surface area is 103 Å². The molecule has 0 aliphatic heterocycles. The third-order valence-electron chi connectivity index (χ3n) is 3.60. The van der Waals surface area contributed by atoms with E-state index in [1.807, 2.05) is 11.3 Å². The summed E-state index contributed by atoms with van der Waals surface area (Å²) >= 11 is 1.95. The summed E-state index contributed by atoms with van der Waals surface area (Å²) in [5.41, 5.74) is 0. The fraction of sp³-hybridized carbons (Fsp3) is 0.714. The van der Waals surface area contributed by atoms with Crippen molar-refractivity contribution in [3.63, 3.8) is 0 Å². The molecule has 1 atom stereocenters. The molecule has 90 valence electrons. The minimum absolute atomic E-state index is 0.678. The van der Waals surface area contributed by atoms with Crippen LogP contribution in [0.4, 0.5) is 0 Å². The van der Waals surface area contributed by atoms with Crippen molar-refractivity contribution in [2.45, 2.75) is 58.5 Å². The zero-order chi connectivity index (χ0) is 11.4. The second-order valence-electron chi connectivity index (χ2n) is 5.04. The summed E-state index contributed by atoms with van der Waals surface area (Å²) in [5, 5.41) is 3.65. The van der Waals surface area contributed by atoms with Gasteiger partial charge in [-0.05, 0) is 37.8 Å². The number of thiophene rings is 1. The van der Waals surface area contributed by atoms with Gasteiger partial charge >= 0.3 is 0 Å². The van der Waals surface area contributed by atoms with Crippen LogP contribution in [0.15, 0.2) is 12.1 Å². The maximum atomic E-state index is 3.65. The van der Waals surface area contributed by atoms with Gasteiger partial charge in [-0.1, -0.05) is 26.2 Å². The Morgan fingerprint density at radius 2 is 2.12 bits per heavy atom. The first kappa shape index (κ1) is 12.1. The van der Waals surface area contributed by atoms with Crippen molar-refractivity contribution < 1.29 is 0 Å². The van der Waals surface area contributed by atoms with Gasteiger partial charge in [0.05, 0.1) is 0 Å². The summed E-state index contributed by atoms with van der Waals surface area (Å²) in [4.78, 5) is 2.99. The topological polar surface area (TPSA) is 12.0 Å². The average molecular weight is 237 g/mol. The molecule has 0 spiro atoms. The van der Waals surface area contributed by atoms with Crippen LogP contribution in [-0.2, 0) is 13.0 Å². The van der Waals surface area contributed by atoms with Crippen molar-refractivity contribution >= 4 is 11.3 Å². The van der Waals surface area contributed by atoms with E-state index in [4.69, 9.17) is 0 Å². The average Bonchev–Trinajstić information content (AvgIpc) is 2.68. The van der Waals surface area contributed by atoms with Crippen LogP contribution in [-0.4, -0.2) is 6.04 Å². The van der Waals surface area contributed by atoms with Crippen molar-refractivity contribution in [1.82, 2.24) is 5.32 Å². The van der Waals surface area contributed by atoms with Crippen molar-refractivity contribution in [1.29, 1.82) is 0 Å². The van der Waals surface area contributed by atoms with Crippen LogP contribution in [0.25, 0.3) is 0 Å². The molecule has 0 radical (unpaired) electrons. The van der Waals surface area contributed by atoms with Gasteiger partial charge in [0.2, 0.25) is 0 Å². The van der Waals surface area contributed by atoms with Gasteiger partial charge in [-0.2, -0.15) is 0 Å². The van der Waals surface area contributed by atoms with E-state index in [9.17, 15) is 0 Å². The van der Waals surface area contributed by atoms with Gasteiger partial charge in [0.1, 0.15) is 0 Å². The molecule has 1 N–H and O–H groups in total. The van der Waals surface area contributed by atoms with E-state index >= 15 is 0 Å². The predicted molar refractivity (Wildman–Crippen MR) is 72.0 cm³/mol. The standard InChI is InChI=1S/C14H23NS/c1-3-13-7-8-14(16-13)10-15-11(2)9-12-5-4-6-12/h7-8,11-12,15H,3-6,9-10H2,1-2H3. The Balaban J connectivity index is 1.69. The smallest absolute Gasteiger partial charge is 0.0302 e. The molecular weight excluding hydrogens is 214 g/mol. The highest BCUT2D eigenvalue weighted by Crippen LogP contribution is 2.30. The molecule has 0 amide bonds. The maximum absolute atomic E-state index is 3.65. The van der Waals surface area contributed by atoms with Crippen LogP contribution in [0.5, 0.6) is 0 Å². The van der Waals surface area contributed by atoms with E-state index in [2.05, 4.69) is 31.3 Å². The number of nitrogens with one attached hydrogen (secondary N) is 1. The maximum Gasteiger partial charge on any atom is 0.0302 e. The van der Waals surface area contributed by atoms with Crippen LogP contribution in [0.3, 0.4) is 0 Å². The number of hydrogen-bond acceptors (Lipinski definition) is 2. The van der Waals surface area contributed by atoms with Crippen molar-refractivity contribution in [3.8, 4) is 0 Å². The highest BCUT2D eigenvalue weighted by molar-refractivity contribution is 7.11. The van der Waals surface area contributed by atoms with Gasteiger partial charge in [0.15, 0.2) is 0 Å². The molecule has 0 saturated heterocycles. The predicted octanol–water partition coefficient (Wildman–Crippen LogP) is 3.98. The first-order valence-electron chi connectivity index (χ1n) is 6.59. The van der Waals surface area contributed by atoms with Gasteiger partial charge in [0.25, 0.3) is 0 Å². The normalized spacial score (nSPS) is 18.4. The van der Waals surface area contributed by atoms with Crippen molar-refractivity contribution in [2.24, 2.45) is 5.92 Å². The van der Waals surface area contributed by atoms with Crippen LogP contribution in [0, 0.1) is 5.92 Å². The lowest BCUT2D eigenvalue weighted by molar-refractivity contribution is 0.266. The third-order valence-corrected chi connectivity index (χ3v) is 4.83. The molecule has 16 heavy (non-hydrogen) atoms. The highest BCUT2D eigenvalue weighted by Gasteiger charge is 2.19. The summed E-state index contributed by atoms with van der Waals surface area (Å²) in [7, 11) is 0. The number of rotatable bonds is 6. The molecule has 1 aromatic rings. The SMILES string of the molecule is CCc1ccc(CNC(C)CC2CCC2)s1. The number of aryl methyl sites for hydroxylation is 1. The molecular formula is C14H23NS. The summed E-state index contributed by atoms with van der Waals surface area (Å²) in [5.74, 6) is 1.01. The molecule has 0 aromatic carbocycles. The first-order chi connectivity index (χ1) is 7.78. The van der Waals surface area contributed by atoms with Crippen LogP contribution < -0.4 is 5.32 Å². The first-order valence-corrected chi connectivity index (χ1v) is 7.40. The van der Waals surface area contributed by atoms with Gasteiger partial charge in [-0.25, -0.2) is 0 Å². The molecule has 2 heteroatoms. The molecule has 0 bridgehead atoms. The monoisotopic (exact) mass is 237 g/mol. The minimum Gasteiger partial charge on any atom is -0.309 e. The van der Waals surface area contributed by atoms with Crippen molar-refractivity contribution in [2.75, 3.05) is 0 Å². The minimum atomic E-state index is 0.678. The molecule has 2 rings (SSSR count). The van der Waals surface area contributed by atoms with Crippen LogP contribution in [0.1, 0.15) is 49.3 Å². The van der Waals surface area contributed by atoms with Gasteiger partial charge in [0, 0.05) is 22.3 Å². The Morgan fingerprint density at radius 1 is 1.38 bits per heavy atom. The van der Waals surface area contributed by atoms with Crippen molar-refractivity contribution in [3.05, 3.63) is 21.9 Å². The summed E-state index contributed by atoms with van der Waals surface area (Å²) < 4.78 is 0. The molecule has 1 aliphatic rings. The van der Waals surface area contributed by atoms with Gasteiger partial charge in [-0.15, -0.1) is 11.3 Å². The Kier molecular flexibility index (Phi) is 4.42. The van der Waals surface area contributed by atoms with E-state index in [1.165, 1.54) is 41.9 Å². The summed E-state index contributed by atoms with van der Waals surface area (Å²) in [6.45, 7) is 5.60. The molecule has 1 heterocycles. The second kappa shape index (κ2) is 5.83. The van der Waals surface area contributed by atoms with E-state index in [0.717, 1.165) is 12.5 Å². The van der Waals surface area contributed by atoms with E-state index < -0.39 is 0 Å². The Bertz CT molecular complexity index is 314. The van der Waals surface area contributed by atoms with Crippen LogP contribution >= 0.6 is 11.3 Å². The van der Waals surface area contributed by atoms with Gasteiger partial charge < -0.3 is 5.32 Å². The molecule has 1 fully saturated rings. The molecule has 1 unspecified atom stereocenters.